The summed E-state index contributed by atoms with van der Waals surface area (Å²) in [5.74, 6) is 0.773. The summed E-state index contributed by atoms with van der Waals surface area (Å²) >= 11 is 1.26. The van der Waals surface area contributed by atoms with Gasteiger partial charge in [0.1, 0.15) is 16.8 Å². The summed E-state index contributed by atoms with van der Waals surface area (Å²) < 4.78 is 5.56. The van der Waals surface area contributed by atoms with E-state index in [1.807, 2.05) is 98.8 Å². The van der Waals surface area contributed by atoms with Gasteiger partial charge in [-0.2, -0.15) is 5.26 Å². The lowest BCUT2D eigenvalue weighted by molar-refractivity contribution is -0.113. The number of rotatable bonds is 8. The largest absolute Gasteiger partial charge is 0.494 e. The number of anilines is 1. The topological polar surface area (TPSA) is 75.0 Å². The summed E-state index contributed by atoms with van der Waals surface area (Å²) in [4.78, 5) is 17.5. The second kappa shape index (κ2) is 11.4. The molecule has 3 aromatic carbocycles. The Morgan fingerprint density at radius 1 is 1.00 bits per heavy atom. The number of amides is 1. The van der Waals surface area contributed by atoms with E-state index in [-0.39, 0.29) is 11.7 Å². The number of thioether (sulfide) groups is 1. The summed E-state index contributed by atoms with van der Waals surface area (Å²) in [7, 11) is 0. The van der Waals surface area contributed by atoms with Crippen LogP contribution in [0.5, 0.6) is 5.75 Å². The SMILES string of the molecule is CCOc1ccc(-c2cc(-c3ccccc3)c(C#N)c(SCC(=O)Nc3ccccc3C)n2)cc1. The van der Waals surface area contributed by atoms with Gasteiger partial charge in [0.05, 0.1) is 23.6 Å². The minimum absolute atomic E-state index is 0.136. The molecule has 0 unspecified atom stereocenters. The van der Waals surface area contributed by atoms with Crippen LogP contribution in [0.1, 0.15) is 18.1 Å². The molecule has 5 nitrogen and oxygen atoms in total. The summed E-state index contributed by atoms with van der Waals surface area (Å²) in [5, 5.41) is 13.5. The van der Waals surface area contributed by atoms with Crippen LogP contribution in [0, 0.1) is 18.3 Å². The van der Waals surface area contributed by atoms with Crippen LogP contribution in [0.3, 0.4) is 0 Å². The number of aromatic nitrogens is 1. The Balaban J connectivity index is 1.68. The van der Waals surface area contributed by atoms with Crippen LogP contribution in [-0.4, -0.2) is 23.3 Å². The van der Waals surface area contributed by atoms with Crippen LogP contribution in [0.25, 0.3) is 22.4 Å². The molecule has 174 valence electrons. The van der Waals surface area contributed by atoms with Crippen molar-refractivity contribution >= 4 is 23.4 Å². The van der Waals surface area contributed by atoms with Crippen molar-refractivity contribution in [3.8, 4) is 34.2 Å². The molecule has 4 aromatic rings. The van der Waals surface area contributed by atoms with Crippen LogP contribution in [0.2, 0.25) is 0 Å². The van der Waals surface area contributed by atoms with E-state index < -0.39 is 0 Å². The van der Waals surface area contributed by atoms with Crippen molar-refractivity contribution in [3.63, 3.8) is 0 Å². The smallest absolute Gasteiger partial charge is 0.234 e. The average Bonchev–Trinajstić information content (AvgIpc) is 2.89. The number of carbonyl (C=O) groups excluding carboxylic acids is 1. The van der Waals surface area contributed by atoms with E-state index in [0.29, 0.717) is 17.2 Å². The maximum absolute atomic E-state index is 12.7. The number of ether oxygens (including phenoxy) is 1. The van der Waals surface area contributed by atoms with Gasteiger partial charge in [-0.3, -0.25) is 4.79 Å². The first-order valence-corrected chi connectivity index (χ1v) is 12.3. The minimum Gasteiger partial charge on any atom is -0.494 e. The van der Waals surface area contributed by atoms with Crippen LogP contribution >= 0.6 is 11.8 Å². The van der Waals surface area contributed by atoms with E-state index >= 15 is 0 Å². The molecular formula is C29H25N3O2S. The van der Waals surface area contributed by atoms with E-state index in [9.17, 15) is 10.1 Å². The molecule has 0 saturated heterocycles. The van der Waals surface area contributed by atoms with Crippen molar-refractivity contribution < 1.29 is 9.53 Å². The number of pyridine rings is 1. The Morgan fingerprint density at radius 2 is 1.71 bits per heavy atom. The second-order valence-electron chi connectivity index (χ2n) is 7.82. The van der Waals surface area contributed by atoms with Gasteiger partial charge >= 0.3 is 0 Å². The molecule has 1 amide bonds. The van der Waals surface area contributed by atoms with Gasteiger partial charge in [-0.05, 0) is 61.4 Å². The van der Waals surface area contributed by atoms with Gasteiger partial charge in [0.15, 0.2) is 0 Å². The molecule has 0 saturated carbocycles. The van der Waals surface area contributed by atoms with Gasteiger partial charge in [-0.1, -0.05) is 60.3 Å². The van der Waals surface area contributed by atoms with Crippen molar-refractivity contribution in [3.05, 3.63) is 96.1 Å². The number of aryl methyl sites for hydroxylation is 1. The fourth-order valence-corrected chi connectivity index (χ4v) is 4.45. The molecule has 0 bridgehead atoms. The molecule has 0 aliphatic carbocycles. The average molecular weight is 480 g/mol. The summed E-state index contributed by atoms with van der Waals surface area (Å²) in [6.45, 7) is 4.49. The fourth-order valence-electron chi connectivity index (χ4n) is 3.65. The number of nitrogens with zero attached hydrogens (tertiary/aromatic N) is 2. The quantitative estimate of drug-likeness (QED) is 0.284. The molecule has 1 heterocycles. The molecule has 1 aromatic heterocycles. The number of para-hydroxylation sites is 1. The van der Waals surface area contributed by atoms with Crippen LogP contribution in [0.15, 0.2) is 90.0 Å². The van der Waals surface area contributed by atoms with Gasteiger partial charge < -0.3 is 10.1 Å². The lowest BCUT2D eigenvalue weighted by atomic mass is 9.99. The van der Waals surface area contributed by atoms with Crippen molar-refractivity contribution in [2.75, 3.05) is 17.7 Å². The lowest BCUT2D eigenvalue weighted by Gasteiger charge is -2.13. The number of carbonyl (C=O) groups is 1. The molecule has 1 N–H and O–H groups in total. The predicted octanol–water partition coefficient (Wildman–Crippen LogP) is 6.73. The Morgan fingerprint density at radius 3 is 2.40 bits per heavy atom. The molecule has 0 atom stereocenters. The molecule has 6 heteroatoms. The Bertz CT molecular complexity index is 1360. The maximum atomic E-state index is 12.7. The van der Waals surface area contributed by atoms with Gasteiger partial charge in [0.2, 0.25) is 5.91 Å². The lowest BCUT2D eigenvalue weighted by Crippen LogP contribution is -2.15. The molecular weight excluding hydrogens is 454 g/mol. The van der Waals surface area contributed by atoms with Crippen molar-refractivity contribution in [2.45, 2.75) is 18.9 Å². The van der Waals surface area contributed by atoms with Gasteiger partial charge in [0.25, 0.3) is 0 Å². The highest BCUT2D eigenvalue weighted by molar-refractivity contribution is 8.00. The highest BCUT2D eigenvalue weighted by atomic mass is 32.2. The van der Waals surface area contributed by atoms with E-state index in [1.165, 1.54) is 11.8 Å². The van der Waals surface area contributed by atoms with Crippen LogP contribution in [0.4, 0.5) is 5.69 Å². The summed E-state index contributed by atoms with van der Waals surface area (Å²) in [6, 6.07) is 29.4. The Hall–Kier alpha value is -4.08. The molecule has 0 fully saturated rings. The Labute approximate surface area is 209 Å². The van der Waals surface area contributed by atoms with Crippen LogP contribution in [-0.2, 0) is 4.79 Å². The van der Waals surface area contributed by atoms with Crippen molar-refractivity contribution in [2.24, 2.45) is 0 Å². The normalized spacial score (nSPS) is 10.4. The van der Waals surface area contributed by atoms with Gasteiger partial charge in [0, 0.05) is 16.8 Å². The predicted molar refractivity (Wildman–Crippen MR) is 142 cm³/mol. The minimum atomic E-state index is -0.150. The zero-order valence-corrected chi connectivity index (χ0v) is 20.4. The number of hydrogen-bond donors (Lipinski definition) is 1. The highest BCUT2D eigenvalue weighted by Gasteiger charge is 2.17. The fraction of sp³-hybridized carbons (Fsp3) is 0.138. The van der Waals surface area contributed by atoms with E-state index in [4.69, 9.17) is 9.72 Å². The summed E-state index contributed by atoms with van der Waals surface area (Å²) in [6.07, 6.45) is 0. The summed E-state index contributed by atoms with van der Waals surface area (Å²) in [5.41, 5.74) is 5.57. The third-order valence-corrected chi connectivity index (χ3v) is 6.38. The molecule has 0 aliphatic rings. The number of benzene rings is 3. The monoisotopic (exact) mass is 479 g/mol. The molecule has 0 spiro atoms. The van der Waals surface area contributed by atoms with Crippen molar-refractivity contribution in [1.29, 1.82) is 5.26 Å². The zero-order chi connectivity index (χ0) is 24.6. The highest BCUT2D eigenvalue weighted by Crippen LogP contribution is 2.34. The molecule has 35 heavy (non-hydrogen) atoms. The van der Waals surface area contributed by atoms with Crippen molar-refractivity contribution in [1.82, 2.24) is 4.98 Å². The first-order valence-electron chi connectivity index (χ1n) is 11.3. The van der Waals surface area contributed by atoms with E-state index in [1.54, 1.807) is 0 Å². The zero-order valence-electron chi connectivity index (χ0n) is 19.6. The first kappa shape index (κ1) is 24.1. The van der Waals surface area contributed by atoms with E-state index in [0.717, 1.165) is 39.4 Å². The molecule has 0 radical (unpaired) electrons. The molecule has 0 aliphatic heterocycles. The third-order valence-electron chi connectivity index (χ3n) is 5.40. The standard InChI is InChI=1S/C29H25N3O2S/c1-3-34-23-15-13-22(14-16-23)27-17-24(21-10-5-4-6-11-21)25(18-30)29(32-27)35-19-28(33)31-26-12-8-7-9-20(26)2/h4-17H,3,19H2,1-2H3,(H,31,33). The van der Waals surface area contributed by atoms with Gasteiger partial charge in [-0.25, -0.2) is 4.98 Å². The van der Waals surface area contributed by atoms with Crippen LogP contribution < -0.4 is 10.1 Å². The van der Waals surface area contributed by atoms with E-state index in [2.05, 4.69) is 11.4 Å². The second-order valence-corrected chi connectivity index (χ2v) is 8.79. The maximum Gasteiger partial charge on any atom is 0.234 e. The number of hydrogen-bond acceptors (Lipinski definition) is 5. The molecule has 4 rings (SSSR count). The number of nitriles is 1. The Kier molecular flexibility index (Phi) is 7.81. The third kappa shape index (κ3) is 5.89. The van der Waals surface area contributed by atoms with Gasteiger partial charge in [-0.15, -0.1) is 0 Å². The number of nitrogens with one attached hydrogen (secondary N) is 1. The first-order chi connectivity index (χ1) is 17.1.